The maximum Gasteiger partial charge on any atom is 0.117 e. The Morgan fingerprint density at radius 1 is 1.31 bits per heavy atom. The fourth-order valence-corrected chi connectivity index (χ4v) is 2.11. The highest BCUT2D eigenvalue weighted by Crippen LogP contribution is 2.26. The predicted octanol–water partition coefficient (Wildman–Crippen LogP) is 3.86. The number of benzene rings is 1. The minimum Gasteiger partial charge on any atom is -0.244 e. The Morgan fingerprint density at radius 2 is 2.19 bits per heavy atom. The summed E-state index contributed by atoms with van der Waals surface area (Å²) in [5.74, 6) is 0. The van der Waals surface area contributed by atoms with Gasteiger partial charge in [0, 0.05) is 11.8 Å². The molecule has 3 heteroatoms. The van der Waals surface area contributed by atoms with Crippen molar-refractivity contribution in [2.75, 3.05) is 0 Å². The van der Waals surface area contributed by atoms with Gasteiger partial charge in [0.05, 0.1) is 0 Å². The quantitative estimate of drug-likeness (QED) is 0.796. The van der Waals surface area contributed by atoms with Crippen LogP contribution in [-0.2, 0) is 6.42 Å². The molecule has 0 saturated heterocycles. The van der Waals surface area contributed by atoms with Gasteiger partial charge < -0.3 is 0 Å². The lowest BCUT2D eigenvalue weighted by Crippen LogP contribution is -1.88. The molecule has 2 aromatic rings. The molecule has 1 aromatic carbocycles. The fourth-order valence-electron chi connectivity index (χ4n) is 1.69. The summed E-state index contributed by atoms with van der Waals surface area (Å²) in [6.07, 6.45) is 5.65. The van der Waals surface area contributed by atoms with Gasteiger partial charge >= 0.3 is 0 Å². The van der Waals surface area contributed by atoms with Crippen molar-refractivity contribution in [3.05, 3.63) is 47.0 Å². The maximum atomic E-state index is 4.14. The minimum atomic E-state index is 0.844. The van der Waals surface area contributed by atoms with Gasteiger partial charge in [-0.3, -0.25) is 0 Å². The summed E-state index contributed by atoms with van der Waals surface area (Å²) in [5.41, 5.74) is 3.56. The largest absolute Gasteiger partial charge is 0.244 e. The van der Waals surface area contributed by atoms with Crippen LogP contribution < -0.4 is 0 Å². The van der Waals surface area contributed by atoms with Crippen LogP contribution in [0.4, 0.5) is 0 Å². The number of hydrogen-bond acceptors (Lipinski definition) is 2. The van der Waals surface area contributed by atoms with E-state index in [1.54, 1.807) is 6.33 Å². The van der Waals surface area contributed by atoms with Gasteiger partial charge in [0.2, 0.25) is 0 Å². The van der Waals surface area contributed by atoms with Gasteiger partial charge in [-0.05, 0) is 33.5 Å². The van der Waals surface area contributed by atoms with Gasteiger partial charge in [-0.2, -0.15) is 0 Å². The van der Waals surface area contributed by atoms with Gasteiger partial charge in [0.1, 0.15) is 10.9 Å². The summed E-state index contributed by atoms with van der Waals surface area (Å²) in [6, 6.07) is 8.53. The Kier molecular flexibility index (Phi) is 3.67. The first-order valence-electron chi connectivity index (χ1n) is 5.36. The molecule has 0 fully saturated rings. The highest BCUT2D eigenvalue weighted by Gasteiger charge is 2.04. The molecule has 0 unspecified atom stereocenters. The Morgan fingerprint density at radius 3 is 2.94 bits per heavy atom. The van der Waals surface area contributed by atoms with Crippen LogP contribution in [0.15, 0.2) is 41.4 Å². The second kappa shape index (κ2) is 5.21. The van der Waals surface area contributed by atoms with Gasteiger partial charge in [0.25, 0.3) is 0 Å². The smallest absolute Gasteiger partial charge is 0.117 e. The molecule has 1 aromatic heterocycles. The van der Waals surface area contributed by atoms with Crippen molar-refractivity contribution in [2.24, 2.45) is 0 Å². The van der Waals surface area contributed by atoms with Crippen molar-refractivity contribution in [3.63, 3.8) is 0 Å². The Bertz CT molecular complexity index is 483. The van der Waals surface area contributed by atoms with E-state index in [9.17, 15) is 0 Å². The molecule has 0 aliphatic rings. The van der Waals surface area contributed by atoms with E-state index in [2.05, 4.69) is 57.1 Å². The third kappa shape index (κ3) is 2.47. The number of aromatic nitrogens is 2. The van der Waals surface area contributed by atoms with Gasteiger partial charge in [0.15, 0.2) is 0 Å². The SMILES string of the molecule is CCCc1cccc(-c2cncnc2Br)c1. The van der Waals surface area contributed by atoms with Crippen LogP contribution in [0.3, 0.4) is 0 Å². The molecule has 0 N–H and O–H groups in total. The normalized spacial score (nSPS) is 10.4. The maximum absolute atomic E-state index is 4.14. The summed E-state index contributed by atoms with van der Waals surface area (Å²) < 4.78 is 0.844. The van der Waals surface area contributed by atoms with Gasteiger partial charge in [-0.1, -0.05) is 37.6 Å². The highest BCUT2D eigenvalue weighted by atomic mass is 79.9. The monoisotopic (exact) mass is 276 g/mol. The van der Waals surface area contributed by atoms with Gasteiger partial charge in [-0.15, -0.1) is 0 Å². The van der Waals surface area contributed by atoms with Crippen molar-refractivity contribution in [1.29, 1.82) is 0 Å². The fraction of sp³-hybridized carbons (Fsp3) is 0.231. The average molecular weight is 277 g/mol. The van der Waals surface area contributed by atoms with E-state index in [0.29, 0.717) is 0 Å². The number of hydrogen-bond donors (Lipinski definition) is 0. The summed E-state index contributed by atoms with van der Waals surface area (Å²) in [4.78, 5) is 8.19. The summed E-state index contributed by atoms with van der Waals surface area (Å²) in [5, 5.41) is 0. The average Bonchev–Trinajstić information content (AvgIpc) is 2.30. The second-order valence-corrected chi connectivity index (χ2v) is 4.43. The molecule has 16 heavy (non-hydrogen) atoms. The van der Waals surface area contributed by atoms with E-state index in [4.69, 9.17) is 0 Å². The third-order valence-corrected chi connectivity index (χ3v) is 3.07. The van der Waals surface area contributed by atoms with E-state index in [-0.39, 0.29) is 0 Å². The molecule has 0 spiro atoms. The van der Waals surface area contributed by atoms with E-state index in [1.165, 1.54) is 11.1 Å². The molecule has 0 radical (unpaired) electrons. The Labute approximate surface area is 104 Å². The minimum absolute atomic E-state index is 0.844. The van der Waals surface area contributed by atoms with Crippen LogP contribution in [0.5, 0.6) is 0 Å². The van der Waals surface area contributed by atoms with Gasteiger partial charge in [-0.25, -0.2) is 9.97 Å². The zero-order chi connectivity index (χ0) is 11.4. The molecule has 0 aliphatic carbocycles. The van der Waals surface area contributed by atoms with E-state index >= 15 is 0 Å². The molecule has 0 atom stereocenters. The van der Waals surface area contributed by atoms with E-state index < -0.39 is 0 Å². The molecule has 2 nitrogen and oxygen atoms in total. The molecule has 0 aliphatic heterocycles. The first kappa shape index (κ1) is 11.3. The lowest BCUT2D eigenvalue weighted by Gasteiger charge is -2.05. The summed E-state index contributed by atoms with van der Waals surface area (Å²) >= 11 is 3.45. The highest BCUT2D eigenvalue weighted by molar-refractivity contribution is 9.10. The molecule has 2 rings (SSSR count). The number of aryl methyl sites for hydroxylation is 1. The van der Waals surface area contributed by atoms with Crippen molar-refractivity contribution >= 4 is 15.9 Å². The summed E-state index contributed by atoms with van der Waals surface area (Å²) in [6.45, 7) is 2.19. The second-order valence-electron chi connectivity index (χ2n) is 3.68. The molecular weight excluding hydrogens is 264 g/mol. The van der Waals surface area contributed by atoms with E-state index in [0.717, 1.165) is 23.0 Å². The van der Waals surface area contributed by atoms with Crippen molar-refractivity contribution in [2.45, 2.75) is 19.8 Å². The van der Waals surface area contributed by atoms with Crippen LogP contribution in [0.1, 0.15) is 18.9 Å². The van der Waals surface area contributed by atoms with Crippen LogP contribution in [0.2, 0.25) is 0 Å². The molecule has 0 saturated carbocycles. The third-order valence-electron chi connectivity index (χ3n) is 2.44. The number of rotatable bonds is 3. The van der Waals surface area contributed by atoms with Crippen molar-refractivity contribution in [3.8, 4) is 11.1 Å². The lowest BCUT2D eigenvalue weighted by molar-refractivity contribution is 0.922. The summed E-state index contributed by atoms with van der Waals surface area (Å²) in [7, 11) is 0. The molecule has 0 bridgehead atoms. The van der Waals surface area contributed by atoms with Crippen LogP contribution in [-0.4, -0.2) is 9.97 Å². The van der Waals surface area contributed by atoms with Crippen molar-refractivity contribution in [1.82, 2.24) is 9.97 Å². The predicted molar refractivity (Wildman–Crippen MR) is 69.2 cm³/mol. The first-order chi connectivity index (χ1) is 7.81. The Balaban J connectivity index is 2.40. The van der Waals surface area contributed by atoms with Crippen LogP contribution in [0, 0.1) is 0 Å². The molecular formula is C13H13BrN2. The van der Waals surface area contributed by atoms with Crippen LogP contribution >= 0.6 is 15.9 Å². The first-order valence-corrected chi connectivity index (χ1v) is 6.15. The van der Waals surface area contributed by atoms with E-state index in [1.807, 2.05) is 6.20 Å². The van der Waals surface area contributed by atoms with Crippen molar-refractivity contribution < 1.29 is 0 Å². The number of nitrogens with zero attached hydrogens (tertiary/aromatic N) is 2. The Hall–Kier alpha value is -1.22. The zero-order valence-corrected chi connectivity index (χ0v) is 10.7. The standard InChI is InChI=1S/C13H13BrN2/c1-2-4-10-5-3-6-11(7-10)12-8-15-9-16-13(12)14/h3,5-9H,2,4H2,1H3. The lowest BCUT2D eigenvalue weighted by atomic mass is 10.0. The number of halogens is 1. The molecule has 82 valence electrons. The zero-order valence-electron chi connectivity index (χ0n) is 9.15. The topological polar surface area (TPSA) is 25.8 Å². The molecule has 0 amide bonds. The molecule has 1 heterocycles. The van der Waals surface area contributed by atoms with Crippen LogP contribution in [0.25, 0.3) is 11.1 Å².